The molecule has 21 heavy (non-hydrogen) atoms. The summed E-state index contributed by atoms with van der Waals surface area (Å²) in [6, 6.07) is 4.29. The van der Waals surface area contributed by atoms with Crippen LogP contribution in [0.15, 0.2) is 23.1 Å². The second kappa shape index (κ2) is 5.89. The monoisotopic (exact) mass is 334 g/mol. The van der Waals surface area contributed by atoms with Gasteiger partial charge in [0.15, 0.2) is 0 Å². The van der Waals surface area contributed by atoms with E-state index < -0.39 is 20.2 Å². The molecule has 1 heterocycles. The number of sulfonamides is 1. The molecule has 118 valence electrons. The van der Waals surface area contributed by atoms with Gasteiger partial charge < -0.3 is 5.32 Å². The van der Waals surface area contributed by atoms with Gasteiger partial charge in [0.25, 0.3) is 0 Å². The average molecular weight is 334 g/mol. The lowest BCUT2D eigenvalue weighted by Gasteiger charge is -2.27. The molecule has 0 radical (unpaired) electrons. The summed E-state index contributed by atoms with van der Waals surface area (Å²) in [5, 5.41) is 8.17. The van der Waals surface area contributed by atoms with Gasteiger partial charge in [0.2, 0.25) is 10.0 Å². The third kappa shape index (κ3) is 3.71. The number of nitrogens with zero attached hydrogens (tertiary/aromatic N) is 1. The highest BCUT2D eigenvalue weighted by Crippen LogP contribution is 2.23. The maximum atomic E-state index is 12.3. The zero-order valence-electron chi connectivity index (χ0n) is 11.5. The maximum absolute atomic E-state index is 12.3. The van der Waals surface area contributed by atoms with Crippen molar-refractivity contribution >= 4 is 25.9 Å². The summed E-state index contributed by atoms with van der Waals surface area (Å²) in [6.07, 6.45) is 0. The molecule has 0 unspecified atom stereocenters. The van der Waals surface area contributed by atoms with Crippen molar-refractivity contribution in [3.05, 3.63) is 23.8 Å². The zero-order valence-corrected chi connectivity index (χ0v) is 13.2. The Hall–Kier alpha value is -1.20. The standard InChI is InChI=1S/C11H18N4O4S2/c1-9-10(3-2-4-11(9)20(12,16)17)14-21(18,19)15-7-5-13-6-8-15/h2-4,13-14H,5-8H2,1H3,(H2,12,16,17). The number of hydrogen-bond donors (Lipinski definition) is 3. The van der Waals surface area contributed by atoms with Crippen LogP contribution in [-0.2, 0) is 20.2 Å². The highest BCUT2D eigenvalue weighted by Gasteiger charge is 2.25. The number of piperazine rings is 1. The number of rotatable bonds is 4. The lowest BCUT2D eigenvalue weighted by molar-refractivity contribution is 0.362. The minimum atomic E-state index is -3.89. The molecule has 1 aliphatic rings. The van der Waals surface area contributed by atoms with E-state index in [2.05, 4.69) is 10.0 Å². The van der Waals surface area contributed by atoms with Gasteiger partial charge >= 0.3 is 10.2 Å². The van der Waals surface area contributed by atoms with Gasteiger partial charge in [-0.05, 0) is 24.6 Å². The van der Waals surface area contributed by atoms with E-state index in [1.165, 1.54) is 29.4 Å². The second-order valence-corrected chi connectivity index (χ2v) is 7.93. The Kier molecular flexibility index (Phi) is 4.54. The van der Waals surface area contributed by atoms with Crippen LogP contribution in [0.4, 0.5) is 5.69 Å². The second-order valence-electron chi connectivity index (χ2n) is 4.73. The highest BCUT2D eigenvalue weighted by molar-refractivity contribution is 7.90. The third-order valence-electron chi connectivity index (χ3n) is 3.25. The van der Waals surface area contributed by atoms with Gasteiger partial charge in [-0.25, -0.2) is 13.6 Å². The Labute approximate surface area is 124 Å². The Balaban J connectivity index is 2.31. The molecule has 0 aliphatic carbocycles. The topological polar surface area (TPSA) is 122 Å². The zero-order chi connectivity index (χ0) is 15.7. The fraction of sp³-hybridized carbons (Fsp3) is 0.455. The van der Waals surface area contributed by atoms with Gasteiger partial charge in [0.05, 0.1) is 10.6 Å². The fourth-order valence-electron chi connectivity index (χ4n) is 2.12. The SMILES string of the molecule is Cc1c(NS(=O)(=O)N2CCNCC2)cccc1S(N)(=O)=O. The first-order chi connectivity index (χ1) is 9.72. The summed E-state index contributed by atoms with van der Waals surface area (Å²) in [6.45, 7) is 3.40. The molecule has 4 N–H and O–H groups in total. The van der Waals surface area contributed by atoms with Crippen LogP contribution in [0.5, 0.6) is 0 Å². The van der Waals surface area contributed by atoms with E-state index in [4.69, 9.17) is 5.14 Å². The molecule has 0 bridgehead atoms. The fourth-order valence-corrected chi connectivity index (χ4v) is 4.22. The first kappa shape index (κ1) is 16.2. The van der Waals surface area contributed by atoms with Gasteiger partial charge in [-0.1, -0.05) is 6.07 Å². The minimum absolute atomic E-state index is 0.0944. The van der Waals surface area contributed by atoms with Crippen molar-refractivity contribution in [3.8, 4) is 0 Å². The van der Waals surface area contributed by atoms with E-state index in [0.29, 0.717) is 26.2 Å². The van der Waals surface area contributed by atoms with E-state index in [1.54, 1.807) is 0 Å². The molecule has 10 heteroatoms. The maximum Gasteiger partial charge on any atom is 0.301 e. The van der Waals surface area contributed by atoms with Crippen LogP contribution in [0, 0.1) is 6.92 Å². The Morgan fingerprint density at radius 3 is 2.38 bits per heavy atom. The molecule has 1 aromatic rings. The third-order valence-corrected chi connectivity index (χ3v) is 5.82. The smallest absolute Gasteiger partial charge is 0.301 e. The molecular weight excluding hydrogens is 316 g/mol. The number of benzene rings is 1. The Morgan fingerprint density at radius 2 is 1.81 bits per heavy atom. The van der Waals surface area contributed by atoms with Gasteiger partial charge in [-0.15, -0.1) is 0 Å². The molecule has 0 spiro atoms. The molecule has 1 aliphatic heterocycles. The molecule has 1 saturated heterocycles. The van der Waals surface area contributed by atoms with Crippen molar-refractivity contribution in [2.24, 2.45) is 5.14 Å². The average Bonchev–Trinajstić information content (AvgIpc) is 2.41. The van der Waals surface area contributed by atoms with E-state index in [-0.39, 0.29) is 16.1 Å². The van der Waals surface area contributed by atoms with E-state index in [1.807, 2.05) is 0 Å². The Bertz CT molecular complexity index is 725. The molecule has 0 saturated carbocycles. The van der Waals surface area contributed by atoms with Crippen molar-refractivity contribution in [2.75, 3.05) is 30.9 Å². The van der Waals surface area contributed by atoms with Crippen LogP contribution >= 0.6 is 0 Å². The predicted octanol–water partition coefficient (Wildman–Crippen LogP) is -0.796. The number of nitrogens with two attached hydrogens (primary N) is 1. The van der Waals surface area contributed by atoms with Gasteiger partial charge in [0, 0.05) is 26.2 Å². The molecule has 8 nitrogen and oxygen atoms in total. The first-order valence-corrected chi connectivity index (χ1v) is 9.31. The van der Waals surface area contributed by atoms with Crippen LogP contribution in [0.25, 0.3) is 0 Å². The van der Waals surface area contributed by atoms with E-state index in [9.17, 15) is 16.8 Å². The molecule has 0 atom stereocenters. The molecule has 1 fully saturated rings. The normalized spacial score (nSPS) is 17.6. The number of hydrogen-bond acceptors (Lipinski definition) is 5. The van der Waals surface area contributed by atoms with Gasteiger partial charge in [0.1, 0.15) is 0 Å². The summed E-state index contributed by atoms with van der Waals surface area (Å²) in [5.74, 6) is 0. The van der Waals surface area contributed by atoms with Crippen molar-refractivity contribution in [1.29, 1.82) is 0 Å². The predicted molar refractivity (Wildman–Crippen MR) is 79.5 cm³/mol. The van der Waals surface area contributed by atoms with E-state index in [0.717, 1.165) is 0 Å². The largest absolute Gasteiger partial charge is 0.314 e. The lowest BCUT2D eigenvalue weighted by atomic mass is 10.2. The quantitative estimate of drug-likeness (QED) is 0.666. The summed E-state index contributed by atoms with van der Waals surface area (Å²) in [4.78, 5) is -0.0944. The van der Waals surface area contributed by atoms with Crippen molar-refractivity contribution in [2.45, 2.75) is 11.8 Å². The van der Waals surface area contributed by atoms with Crippen LogP contribution in [0.1, 0.15) is 5.56 Å². The lowest BCUT2D eigenvalue weighted by Crippen LogP contribution is -2.48. The minimum Gasteiger partial charge on any atom is -0.314 e. The van der Waals surface area contributed by atoms with Crippen LogP contribution in [0.3, 0.4) is 0 Å². The molecule has 0 amide bonds. The number of nitrogens with one attached hydrogen (secondary N) is 2. The van der Waals surface area contributed by atoms with Crippen molar-refractivity contribution in [3.63, 3.8) is 0 Å². The molecular formula is C11H18N4O4S2. The molecule has 1 aromatic carbocycles. The van der Waals surface area contributed by atoms with Crippen molar-refractivity contribution in [1.82, 2.24) is 9.62 Å². The van der Waals surface area contributed by atoms with Crippen LogP contribution in [0.2, 0.25) is 0 Å². The van der Waals surface area contributed by atoms with Crippen LogP contribution < -0.4 is 15.2 Å². The van der Waals surface area contributed by atoms with E-state index >= 15 is 0 Å². The molecule has 0 aromatic heterocycles. The summed E-state index contributed by atoms with van der Waals surface area (Å²) in [5.41, 5.74) is 0.485. The highest BCUT2D eigenvalue weighted by atomic mass is 32.2. The van der Waals surface area contributed by atoms with Gasteiger partial charge in [-0.2, -0.15) is 12.7 Å². The number of anilines is 1. The first-order valence-electron chi connectivity index (χ1n) is 6.33. The summed E-state index contributed by atoms with van der Waals surface area (Å²) < 4.78 is 51.2. The van der Waals surface area contributed by atoms with Gasteiger partial charge in [-0.3, -0.25) is 4.72 Å². The summed E-state index contributed by atoms with van der Waals surface area (Å²) in [7, 11) is -7.61. The number of primary sulfonamides is 1. The van der Waals surface area contributed by atoms with Crippen LogP contribution in [-0.4, -0.2) is 47.3 Å². The Morgan fingerprint density at radius 1 is 1.19 bits per heavy atom. The summed E-state index contributed by atoms with van der Waals surface area (Å²) >= 11 is 0. The van der Waals surface area contributed by atoms with Crippen molar-refractivity contribution < 1.29 is 16.8 Å². The molecule has 2 rings (SSSR count).